The van der Waals surface area contributed by atoms with E-state index in [0.717, 1.165) is 38.2 Å². The van der Waals surface area contributed by atoms with Gasteiger partial charge in [-0.05, 0) is 37.1 Å². The van der Waals surface area contributed by atoms with E-state index in [1.807, 2.05) is 36.4 Å². The quantitative estimate of drug-likeness (QED) is 0.184. The predicted molar refractivity (Wildman–Crippen MR) is 148 cm³/mol. The molecule has 5 aromatic rings. The van der Waals surface area contributed by atoms with Gasteiger partial charge in [0.1, 0.15) is 16.5 Å². The highest BCUT2D eigenvalue weighted by Gasteiger charge is 2.17. The van der Waals surface area contributed by atoms with Gasteiger partial charge in [0.25, 0.3) is 0 Å². The number of rotatable bonds is 8. The Bertz CT molecular complexity index is 1480. The molecule has 3 heterocycles. The van der Waals surface area contributed by atoms with Gasteiger partial charge in [0, 0.05) is 16.3 Å². The topological polar surface area (TPSA) is 82.5 Å². The van der Waals surface area contributed by atoms with Gasteiger partial charge in [0.05, 0.1) is 11.1 Å². The van der Waals surface area contributed by atoms with Gasteiger partial charge in [-0.1, -0.05) is 84.2 Å². The van der Waals surface area contributed by atoms with Crippen LogP contribution in [0, 0.1) is 13.8 Å². The fraction of sp³-hybridized carbons (Fsp3) is 0.154. The molecule has 9 heteroatoms. The molecule has 2 N–H and O–H groups in total. The second-order valence-electron chi connectivity index (χ2n) is 7.84. The Kier molecular flexibility index (Phi) is 7.17. The van der Waals surface area contributed by atoms with E-state index in [9.17, 15) is 0 Å². The highest BCUT2D eigenvalue weighted by atomic mass is 32.2. The molecule has 0 unspecified atom stereocenters. The lowest BCUT2D eigenvalue weighted by molar-refractivity contribution is 0.865. The second kappa shape index (κ2) is 10.6. The number of aryl methyl sites for hydroxylation is 2. The molecule has 0 bridgehead atoms. The zero-order valence-corrected chi connectivity index (χ0v) is 21.8. The number of nitrogens with two attached hydrogens (primary N) is 1. The van der Waals surface area contributed by atoms with Gasteiger partial charge >= 0.3 is 0 Å². The van der Waals surface area contributed by atoms with Crippen LogP contribution in [0.15, 0.2) is 77.1 Å². The van der Waals surface area contributed by atoms with Gasteiger partial charge < -0.3 is 5.73 Å². The number of hydrogen-bond acceptors (Lipinski definition) is 8. The normalized spacial score (nSPS) is 11.6. The predicted octanol–water partition coefficient (Wildman–Crippen LogP) is 6.57. The van der Waals surface area contributed by atoms with Crippen molar-refractivity contribution in [2.75, 3.05) is 11.5 Å². The van der Waals surface area contributed by atoms with Crippen LogP contribution in [0.4, 0.5) is 5.82 Å². The summed E-state index contributed by atoms with van der Waals surface area (Å²) in [5, 5.41) is 11.5. The minimum Gasteiger partial charge on any atom is -0.383 e. The van der Waals surface area contributed by atoms with E-state index < -0.39 is 0 Å². The highest BCUT2D eigenvalue weighted by Crippen LogP contribution is 2.34. The van der Waals surface area contributed by atoms with Crippen LogP contribution in [-0.4, -0.2) is 30.5 Å². The monoisotopic (exact) mass is 516 g/mol. The average Bonchev–Trinajstić information content (AvgIpc) is 3.41. The first-order valence-corrected chi connectivity index (χ1v) is 13.9. The summed E-state index contributed by atoms with van der Waals surface area (Å²) in [6.07, 6.45) is 4.27. The lowest BCUT2D eigenvalue weighted by Crippen LogP contribution is -2.02. The van der Waals surface area contributed by atoms with Gasteiger partial charge in [-0.2, -0.15) is 0 Å². The number of nitrogen functional groups attached to an aromatic ring is 1. The van der Waals surface area contributed by atoms with E-state index in [1.54, 1.807) is 23.1 Å². The minimum atomic E-state index is 0.533. The zero-order valence-electron chi connectivity index (χ0n) is 19.4. The average molecular weight is 517 g/mol. The Morgan fingerprint density at radius 1 is 0.943 bits per heavy atom. The number of aromatic nitrogens is 5. The van der Waals surface area contributed by atoms with Crippen molar-refractivity contribution in [1.82, 2.24) is 24.7 Å². The van der Waals surface area contributed by atoms with E-state index in [1.165, 1.54) is 22.2 Å². The standard InChI is InChI=1S/C26H24N6S3/c1-17-18(2)35-24-22(17)23(27)28-25(29-24)34-16-21-30-31-26(32(21)20-13-7-4-8-14-20)33-15-9-12-19-10-5-3-6-11-19/h3-14H,15-16H2,1-2H3,(H2,27,28,29)/b12-9+. The maximum atomic E-state index is 6.27. The van der Waals surface area contributed by atoms with Crippen LogP contribution >= 0.6 is 34.9 Å². The van der Waals surface area contributed by atoms with Crippen LogP contribution in [0.3, 0.4) is 0 Å². The summed E-state index contributed by atoms with van der Waals surface area (Å²) in [7, 11) is 0. The van der Waals surface area contributed by atoms with Crippen LogP contribution < -0.4 is 5.73 Å². The number of thioether (sulfide) groups is 2. The van der Waals surface area contributed by atoms with Gasteiger partial charge in [-0.15, -0.1) is 21.5 Å². The van der Waals surface area contributed by atoms with Crippen LogP contribution in [0.5, 0.6) is 0 Å². The van der Waals surface area contributed by atoms with Crippen LogP contribution in [0.25, 0.3) is 22.0 Å². The summed E-state index contributed by atoms with van der Waals surface area (Å²) in [5.74, 6) is 2.75. The third-order valence-corrected chi connectivity index (χ3v) is 8.33. The third-order valence-electron chi connectivity index (χ3n) is 5.50. The summed E-state index contributed by atoms with van der Waals surface area (Å²) in [4.78, 5) is 11.5. The van der Waals surface area contributed by atoms with Crippen molar-refractivity contribution in [2.24, 2.45) is 0 Å². The van der Waals surface area contributed by atoms with E-state index in [-0.39, 0.29) is 0 Å². The Balaban J connectivity index is 1.36. The number of hydrogen-bond donors (Lipinski definition) is 1. The number of anilines is 1. The van der Waals surface area contributed by atoms with E-state index >= 15 is 0 Å². The van der Waals surface area contributed by atoms with Crippen molar-refractivity contribution in [2.45, 2.75) is 29.9 Å². The molecule has 0 aliphatic carbocycles. The van der Waals surface area contributed by atoms with E-state index in [4.69, 9.17) is 10.7 Å². The van der Waals surface area contributed by atoms with Crippen molar-refractivity contribution in [1.29, 1.82) is 0 Å². The summed E-state index contributed by atoms with van der Waals surface area (Å²) in [6, 6.07) is 20.5. The molecule has 0 spiro atoms. The molecule has 0 radical (unpaired) electrons. The summed E-state index contributed by atoms with van der Waals surface area (Å²) in [6.45, 7) is 4.15. The first-order chi connectivity index (χ1) is 17.1. The molecule has 0 aliphatic rings. The number of para-hydroxylation sites is 1. The van der Waals surface area contributed by atoms with Crippen molar-refractivity contribution in [3.05, 3.63) is 88.6 Å². The largest absolute Gasteiger partial charge is 0.383 e. The minimum absolute atomic E-state index is 0.533. The van der Waals surface area contributed by atoms with Crippen molar-refractivity contribution < 1.29 is 0 Å². The van der Waals surface area contributed by atoms with Crippen LogP contribution in [0.2, 0.25) is 0 Å². The van der Waals surface area contributed by atoms with Gasteiger partial charge in [0.2, 0.25) is 0 Å². The third kappa shape index (κ3) is 5.27. The second-order valence-corrected chi connectivity index (χ2v) is 11.0. The fourth-order valence-corrected chi connectivity index (χ4v) is 6.29. The molecule has 176 valence electrons. The maximum Gasteiger partial charge on any atom is 0.196 e. The smallest absolute Gasteiger partial charge is 0.196 e. The van der Waals surface area contributed by atoms with Crippen LogP contribution in [0.1, 0.15) is 21.8 Å². The van der Waals surface area contributed by atoms with E-state index in [2.05, 4.69) is 70.0 Å². The number of fused-ring (bicyclic) bond motifs is 1. The molecule has 0 aliphatic heterocycles. The highest BCUT2D eigenvalue weighted by molar-refractivity contribution is 7.99. The molecule has 35 heavy (non-hydrogen) atoms. The molecular weight excluding hydrogens is 493 g/mol. The number of nitrogens with zero attached hydrogens (tertiary/aromatic N) is 5. The molecule has 0 fully saturated rings. The van der Waals surface area contributed by atoms with E-state index in [0.29, 0.717) is 16.7 Å². The Morgan fingerprint density at radius 2 is 1.69 bits per heavy atom. The lowest BCUT2D eigenvalue weighted by atomic mass is 10.2. The summed E-state index contributed by atoms with van der Waals surface area (Å²) < 4.78 is 2.11. The molecule has 6 nitrogen and oxygen atoms in total. The lowest BCUT2D eigenvalue weighted by Gasteiger charge is -2.09. The molecule has 0 saturated heterocycles. The van der Waals surface area contributed by atoms with Gasteiger partial charge in [0.15, 0.2) is 10.3 Å². The fourth-order valence-electron chi connectivity index (χ4n) is 3.65. The van der Waals surface area contributed by atoms with Crippen LogP contribution in [-0.2, 0) is 5.75 Å². The zero-order chi connectivity index (χ0) is 24.2. The van der Waals surface area contributed by atoms with Crippen molar-refractivity contribution in [3.8, 4) is 5.69 Å². The SMILES string of the molecule is Cc1sc2nc(SCc3nnc(SC/C=C/c4ccccc4)n3-c3ccccc3)nc(N)c2c1C. The van der Waals surface area contributed by atoms with Gasteiger partial charge in [-0.25, -0.2) is 9.97 Å². The molecule has 0 atom stereocenters. The number of benzene rings is 2. The first-order valence-electron chi connectivity index (χ1n) is 11.1. The first kappa shape index (κ1) is 23.6. The Labute approximate surface area is 216 Å². The Morgan fingerprint density at radius 3 is 2.46 bits per heavy atom. The molecule has 0 saturated carbocycles. The number of thiophene rings is 1. The Hall–Kier alpha value is -3.14. The molecule has 2 aromatic carbocycles. The molecule has 5 rings (SSSR count). The summed E-state index contributed by atoms with van der Waals surface area (Å²) >= 11 is 4.83. The van der Waals surface area contributed by atoms with Crippen molar-refractivity contribution >= 4 is 57.0 Å². The van der Waals surface area contributed by atoms with Crippen molar-refractivity contribution in [3.63, 3.8) is 0 Å². The maximum absolute atomic E-state index is 6.27. The molecular formula is C26H24N6S3. The molecule has 3 aromatic heterocycles. The van der Waals surface area contributed by atoms with Gasteiger partial charge in [-0.3, -0.25) is 4.57 Å². The summed E-state index contributed by atoms with van der Waals surface area (Å²) in [5.41, 5.74) is 9.65. The molecule has 0 amide bonds.